The first-order valence-electron chi connectivity index (χ1n) is 8.83. The molecule has 0 aromatic heterocycles. The van der Waals surface area contributed by atoms with Gasteiger partial charge in [0.25, 0.3) is 5.91 Å². The minimum atomic E-state index is -0.807. The van der Waals surface area contributed by atoms with Crippen molar-refractivity contribution in [2.75, 3.05) is 44.7 Å². The van der Waals surface area contributed by atoms with Crippen molar-refractivity contribution in [2.45, 2.75) is 26.3 Å². The molecule has 1 heterocycles. The topological polar surface area (TPSA) is 69.8 Å². The number of piperazine rings is 1. The SMILES string of the molecule is COc1cccc(N2CC[NH+](CC(=O)N[C@](C)(C#N)C(C)C)CC2)c1. The number of anilines is 1. The van der Waals surface area contributed by atoms with Crippen molar-refractivity contribution in [3.05, 3.63) is 24.3 Å². The number of ether oxygens (including phenoxy) is 1. The van der Waals surface area contributed by atoms with Gasteiger partial charge < -0.3 is 19.9 Å². The number of carbonyl (C=O) groups is 1. The highest BCUT2D eigenvalue weighted by Gasteiger charge is 2.31. The Labute approximate surface area is 150 Å². The summed E-state index contributed by atoms with van der Waals surface area (Å²) in [5.74, 6) is 0.875. The van der Waals surface area contributed by atoms with Crippen LogP contribution in [0, 0.1) is 17.2 Å². The standard InChI is InChI=1S/C19H28N4O2/c1-15(2)19(3,14-20)21-18(24)13-22-8-10-23(11-9-22)16-6-5-7-17(12-16)25-4/h5-7,12,15H,8-11,13H2,1-4H3,(H,21,24)/p+1/t19-/m1/s1. The molecule has 25 heavy (non-hydrogen) atoms. The molecule has 6 heteroatoms. The number of hydrogen-bond donors (Lipinski definition) is 2. The Balaban J connectivity index is 1.86. The number of hydrogen-bond acceptors (Lipinski definition) is 4. The van der Waals surface area contributed by atoms with E-state index in [2.05, 4.69) is 22.4 Å². The molecule has 1 aromatic carbocycles. The van der Waals surface area contributed by atoms with Gasteiger partial charge >= 0.3 is 0 Å². The first-order chi connectivity index (χ1) is 11.9. The molecule has 0 spiro atoms. The smallest absolute Gasteiger partial charge is 0.276 e. The van der Waals surface area contributed by atoms with Crippen LogP contribution in [-0.4, -0.2) is 51.3 Å². The highest BCUT2D eigenvalue weighted by atomic mass is 16.5. The van der Waals surface area contributed by atoms with Crippen molar-refractivity contribution in [1.82, 2.24) is 5.32 Å². The number of carbonyl (C=O) groups excluding carboxylic acids is 1. The number of methoxy groups -OCH3 is 1. The molecule has 1 amide bonds. The summed E-state index contributed by atoms with van der Waals surface area (Å²) in [6.07, 6.45) is 0. The zero-order valence-corrected chi connectivity index (χ0v) is 15.6. The van der Waals surface area contributed by atoms with Crippen LogP contribution in [0.25, 0.3) is 0 Å². The van der Waals surface area contributed by atoms with Crippen LogP contribution in [0.1, 0.15) is 20.8 Å². The van der Waals surface area contributed by atoms with Crippen LogP contribution in [0.4, 0.5) is 5.69 Å². The summed E-state index contributed by atoms with van der Waals surface area (Å²) < 4.78 is 5.28. The van der Waals surface area contributed by atoms with Crippen LogP contribution in [0.5, 0.6) is 5.75 Å². The van der Waals surface area contributed by atoms with E-state index in [0.717, 1.165) is 37.6 Å². The highest BCUT2D eigenvalue weighted by Crippen LogP contribution is 2.20. The Hall–Kier alpha value is -2.26. The van der Waals surface area contributed by atoms with E-state index in [1.807, 2.05) is 32.0 Å². The summed E-state index contributed by atoms with van der Waals surface area (Å²) in [7, 11) is 1.67. The van der Waals surface area contributed by atoms with E-state index in [1.165, 1.54) is 4.90 Å². The van der Waals surface area contributed by atoms with Crippen LogP contribution in [0.2, 0.25) is 0 Å². The van der Waals surface area contributed by atoms with Gasteiger partial charge in [-0.25, -0.2) is 0 Å². The number of rotatable bonds is 6. The van der Waals surface area contributed by atoms with Gasteiger partial charge in [0.2, 0.25) is 0 Å². The number of benzene rings is 1. The Kier molecular flexibility index (Phi) is 6.27. The summed E-state index contributed by atoms with van der Waals surface area (Å²) in [6, 6.07) is 10.3. The predicted octanol–water partition coefficient (Wildman–Crippen LogP) is 0.455. The molecule has 2 N–H and O–H groups in total. The van der Waals surface area contributed by atoms with Crippen molar-refractivity contribution in [3.8, 4) is 11.8 Å². The molecule has 2 rings (SSSR count). The molecular weight excluding hydrogens is 316 g/mol. The van der Waals surface area contributed by atoms with Crippen LogP contribution >= 0.6 is 0 Å². The number of amides is 1. The lowest BCUT2D eigenvalue weighted by molar-refractivity contribution is -0.892. The molecule has 0 aliphatic carbocycles. The third kappa shape index (κ3) is 4.86. The van der Waals surface area contributed by atoms with Gasteiger partial charge in [-0.05, 0) is 25.0 Å². The second-order valence-electron chi connectivity index (χ2n) is 7.13. The van der Waals surface area contributed by atoms with Crippen LogP contribution in [0.3, 0.4) is 0 Å². The minimum absolute atomic E-state index is 0.0532. The lowest BCUT2D eigenvalue weighted by Crippen LogP contribution is -3.16. The average Bonchev–Trinajstić information content (AvgIpc) is 2.62. The van der Waals surface area contributed by atoms with Gasteiger partial charge in [0.1, 0.15) is 11.3 Å². The van der Waals surface area contributed by atoms with Crippen LogP contribution in [-0.2, 0) is 4.79 Å². The number of nitriles is 1. The highest BCUT2D eigenvalue weighted by molar-refractivity contribution is 5.78. The van der Waals surface area contributed by atoms with E-state index < -0.39 is 5.54 Å². The minimum Gasteiger partial charge on any atom is -0.497 e. The molecule has 1 aliphatic heterocycles. The number of nitrogens with one attached hydrogen (secondary N) is 2. The largest absolute Gasteiger partial charge is 0.497 e. The summed E-state index contributed by atoms with van der Waals surface area (Å²) in [5.41, 5.74) is 0.346. The summed E-state index contributed by atoms with van der Waals surface area (Å²) in [5, 5.41) is 12.2. The molecule has 0 unspecified atom stereocenters. The first-order valence-corrected chi connectivity index (χ1v) is 8.83. The van der Waals surface area contributed by atoms with Gasteiger partial charge in [-0.1, -0.05) is 19.9 Å². The van der Waals surface area contributed by atoms with E-state index >= 15 is 0 Å². The van der Waals surface area contributed by atoms with E-state index in [9.17, 15) is 10.1 Å². The normalized spacial score (nSPS) is 17.7. The Bertz CT molecular complexity index is 633. The van der Waals surface area contributed by atoms with Gasteiger partial charge in [0.05, 0.1) is 39.4 Å². The van der Waals surface area contributed by atoms with Crippen molar-refractivity contribution in [2.24, 2.45) is 5.92 Å². The van der Waals surface area contributed by atoms with Gasteiger partial charge in [-0.2, -0.15) is 5.26 Å². The zero-order valence-electron chi connectivity index (χ0n) is 15.6. The van der Waals surface area contributed by atoms with E-state index in [0.29, 0.717) is 6.54 Å². The molecule has 1 atom stereocenters. The lowest BCUT2D eigenvalue weighted by atomic mass is 9.90. The van der Waals surface area contributed by atoms with Crippen LogP contribution in [0.15, 0.2) is 24.3 Å². The fraction of sp³-hybridized carbons (Fsp3) is 0.579. The van der Waals surface area contributed by atoms with Crippen molar-refractivity contribution >= 4 is 11.6 Å². The first kappa shape index (κ1) is 19.1. The quantitative estimate of drug-likeness (QED) is 0.786. The van der Waals surface area contributed by atoms with Crippen molar-refractivity contribution in [3.63, 3.8) is 0 Å². The molecular formula is C19H29N4O2+. The van der Waals surface area contributed by atoms with E-state index in [4.69, 9.17) is 4.74 Å². The van der Waals surface area contributed by atoms with Crippen LogP contribution < -0.4 is 19.9 Å². The van der Waals surface area contributed by atoms with Gasteiger partial charge in [-0.3, -0.25) is 4.79 Å². The molecule has 1 aliphatic rings. The number of nitrogens with zero attached hydrogens (tertiary/aromatic N) is 2. The maximum Gasteiger partial charge on any atom is 0.276 e. The Morgan fingerprint density at radius 2 is 2.12 bits per heavy atom. The van der Waals surface area contributed by atoms with Gasteiger partial charge in [0, 0.05) is 11.8 Å². The molecule has 0 bridgehead atoms. The predicted molar refractivity (Wildman–Crippen MR) is 97.8 cm³/mol. The second-order valence-corrected chi connectivity index (χ2v) is 7.13. The molecule has 0 saturated carbocycles. The van der Waals surface area contributed by atoms with E-state index in [-0.39, 0.29) is 11.8 Å². The zero-order chi connectivity index (χ0) is 18.4. The third-order valence-corrected chi connectivity index (χ3v) is 5.09. The molecule has 1 aromatic rings. The monoisotopic (exact) mass is 345 g/mol. The number of quaternary nitrogens is 1. The summed E-state index contributed by atoms with van der Waals surface area (Å²) >= 11 is 0. The van der Waals surface area contributed by atoms with Crippen molar-refractivity contribution < 1.29 is 14.4 Å². The summed E-state index contributed by atoms with van der Waals surface area (Å²) in [4.78, 5) is 15.9. The van der Waals surface area contributed by atoms with E-state index in [1.54, 1.807) is 14.0 Å². The summed E-state index contributed by atoms with van der Waals surface area (Å²) in [6.45, 7) is 9.68. The van der Waals surface area contributed by atoms with Gasteiger partial charge in [-0.15, -0.1) is 0 Å². The molecule has 0 radical (unpaired) electrons. The third-order valence-electron chi connectivity index (χ3n) is 5.09. The fourth-order valence-electron chi connectivity index (χ4n) is 2.93. The lowest BCUT2D eigenvalue weighted by Gasteiger charge is -2.34. The Morgan fingerprint density at radius 3 is 2.68 bits per heavy atom. The molecule has 1 fully saturated rings. The average molecular weight is 345 g/mol. The molecule has 1 saturated heterocycles. The molecule has 6 nitrogen and oxygen atoms in total. The Morgan fingerprint density at radius 1 is 1.44 bits per heavy atom. The fourth-order valence-corrected chi connectivity index (χ4v) is 2.93. The molecule has 136 valence electrons. The maximum atomic E-state index is 12.3. The maximum absolute atomic E-state index is 12.3. The second kappa shape index (κ2) is 8.21. The van der Waals surface area contributed by atoms with Gasteiger partial charge in [0.15, 0.2) is 6.54 Å². The van der Waals surface area contributed by atoms with Crippen molar-refractivity contribution in [1.29, 1.82) is 5.26 Å².